The Balaban J connectivity index is 1.57. The van der Waals surface area contributed by atoms with Crippen molar-refractivity contribution >= 4 is 17.7 Å². The number of methoxy groups -OCH3 is 2. The SMILES string of the molecule is COc1ccc(OC)c(C(=O)N[C@@H](Cc2ccccc2)c2nnc(SCC3CCCCC3)n2C)c1. The first-order valence-corrected chi connectivity index (χ1v) is 13.2. The zero-order chi connectivity index (χ0) is 24.6. The van der Waals surface area contributed by atoms with Gasteiger partial charge in [0.15, 0.2) is 11.0 Å². The summed E-state index contributed by atoms with van der Waals surface area (Å²) < 4.78 is 12.8. The second-order valence-corrected chi connectivity index (χ2v) is 9.98. The molecule has 1 saturated carbocycles. The number of rotatable bonds is 10. The van der Waals surface area contributed by atoms with E-state index in [4.69, 9.17) is 9.47 Å². The molecular weight excluding hydrogens is 460 g/mol. The Kier molecular flexibility index (Phi) is 8.69. The highest BCUT2D eigenvalue weighted by Gasteiger charge is 2.25. The van der Waals surface area contributed by atoms with Crippen LogP contribution < -0.4 is 14.8 Å². The van der Waals surface area contributed by atoms with Crippen LogP contribution in [-0.4, -0.2) is 40.6 Å². The van der Waals surface area contributed by atoms with Crippen molar-refractivity contribution in [2.75, 3.05) is 20.0 Å². The van der Waals surface area contributed by atoms with Gasteiger partial charge in [0.2, 0.25) is 0 Å². The van der Waals surface area contributed by atoms with E-state index < -0.39 is 0 Å². The predicted molar refractivity (Wildman–Crippen MR) is 138 cm³/mol. The molecule has 1 amide bonds. The number of aromatic nitrogens is 3. The largest absolute Gasteiger partial charge is 0.497 e. The molecule has 1 aromatic heterocycles. The number of amides is 1. The molecule has 35 heavy (non-hydrogen) atoms. The third kappa shape index (κ3) is 6.36. The standard InChI is InChI=1S/C27H34N4O3S/c1-31-25(29-30-27(31)35-18-20-12-8-5-9-13-20)23(16-19-10-6-4-7-11-19)28-26(32)22-17-21(33-2)14-15-24(22)34-3/h4,6-7,10-11,14-15,17,20,23H,5,8-9,12-13,16,18H2,1-3H3,(H,28,32)/t23-/m0/s1. The lowest BCUT2D eigenvalue weighted by Gasteiger charge is -2.21. The number of nitrogens with one attached hydrogen (secondary N) is 1. The van der Waals surface area contributed by atoms with Crippen LogP contribution >= 0.6 is 11.8 Å². The number of thioether (sulfide) groups is 1. The molecule has 1 heterocycles. The fourth-order valence-electron chi connectivity index (χ4n) is 4.59. The molecule has 186 valence electrons. The third-order valence-electron chi connectivity index (χ3n) is 6.59. The topological polar surface area (TPSA) is 78.3 Å². The zero-order valence-electron chi connectivity index (χ0n) is 20.7. The molecule has 3 aromatic rings. The van der Waals surface area contributed by atoms with Crippen molar-refractivity contribution in [2.24, 2.45) is 13.0 Å². The van der Waals surface area contributed by atoms with Gasteiger partial charge in [-0.15, -0.1) is 10.2 Å². The molecular formula is C27H34N4O3S. The summed E-state index contributed by atoms with van der Waals surface area (Å²) in [5.41, 5.74) is 1.52. The highest BCUT2D eigenvalue weighted by atomic mass is 32.2. The number of nitrogens with zero attached hydrogens (tertiary/aromatic N) is 3. The van der Waals surface area contributed by atoms with Gasteiger partial charge in [0.25, 0.3) is 5.91 Å². The Morgan fingerprint density at radius 3 is 2.57 bits per heavy atom. The lowest BCUT2D eigenvalue weighted by molar-refractivity contribution is 0.0930. The molecule has 1 aliphatic carbocycles. The molecule has 1 aliphatic rings. The molecule has 4 rings (SSSR count). The Morgan fingerprint density at radius 2 is 1.86 bits per heavy atom. The zero-order valence-corrected chi connectivity index (χ0v) is 21.5. The van der Waals surface area contributed by atoms with Gasteiger partial charge in [-0.3, -0.25) is 4.79 Å². The monoisotopic (exact) mass is 494 g/mol. The fraction of sp³-hybridized carbons (Fsp3) is 0.444. The van der Waals surface area contributed by atoms with Crippen molar-refractivity contribution in [2.45, 2.75) is 49.7 Å². The molecule has 1 atom stereocenters. The van der Waals surface area contributed by atoms with Crippen molar-refractivity contribution in [1.82, 2.24) is 20.1 Å². The summed E-state index contributed by atoms with van der Waals surface area (Å²) in [6, 6.07) is 14.9. The van der Waals surface area contributed by atoms with Crippen LogP contribution in [-0.2, 0) is 13.5 Å². The van der Waals surface area contributed by atoms with Gasteiger partial charge < -0.3 is 19.4 Å². The fourth-order valence-corrected chi connectivity index (χ4v) is 5.69. The minimum absolute atomic E-state index is 0.249. The minimum Gasteiger partial charge on any atom is -0.497 e. The van der Waals surface area contributed by atoms with Crippen molar-refractivity contribution < 1.29 is 14.3 Å². The Labute approximate surface area is 211 Å². The van der Waals surface area contributed by atoms with E-state index in [-0.39, 0.29) is 11.9 Å². The van der Waals surface area contributed by atoms with Crippen LogP contribution in [0.25, 0.3) is 0 Å². The summed E-state index contributed by atoms with van der Waals surface area (Å²) in [6.45, 7) is 0. The Bertz CT molecular complexity index is 1110. The van der Waals surface area contributed by atoms with E-state index >= 15 is 0 Å². The van der Waals surface area contributed by atoms with E-state index in [9.17, 15) is 4.79 Å². The van der Waals surface area contributed by atoms with Gasteiger partial charge >= 0.3 is 0 Å². The van der Waals surface area contributed by atoms with Gasteiger partial charge in [0, 0.05) is 12.8 Å². The van der Waals surface area contributed by atoms with Crippen molar-refractivity contribution in [3.63, 3.8) is 0 Å². The maximum absolute atomic E-state index is 13.4. The number of ether oxygens (including phenoxy) is 2. The lowest BCUT2D eigenvalue weighted by Crippen LogP contribution is -2.32. The van der Waals surface area contributed by atoms with Crippen LogP contribution in [0.15, 0.2) is 53.7 Å². The van der Waals surface area contributed by atoms with Gasteiger partial charge in [-0.1, -0.05) is 61.4 Å². The van der Waals surface area contributed by atoms with Gasteiger partial charge in [-0.05, 0) is 48.9 Å². The molecule has 1 fully saturated rings. The molecule has 0 aliphatic heterocycles. The Morgan fingerprint density at radius 1 is 1.09 bits per heavy atom. The van der Waals surface area contributed by atoms with Crippen LogP contribution in [0.4, 0.5) is 0 Å². The number of carbonyl (C=O) groups excluding carboxylic acids is 1. The van der Waals surface area contributed by atoms with E-state index in [1.807, 2.05) is 29.8 Å². The van der Waals surface area contributed by atoms with Gasteiger partial charge in [-0.25, -0.2) is 0 Å². The average Bonchev–Trinajstić information content (AvgIpc) is 3.27. The van der Waals surface area contributed by atoms with Gasteiger partial charge in [-0.2, -0.15) is 0 Å². The summed E-state index contributed by atoms with van der Waals surface area (Å²) in [6.07, 6.45) is 7.20. The minimum atomic E-state index is -0.359. The predicted octanol–water partition coefficient (Wildman–Crippen LogP) is 5.22. The number of hydrogen-bond donors (Lipinski definition) is 1. The molecule has 0 spiro atoms. The number of carbonyl (C=O) groups is 1. The molecule has 1 N–H and O–H groups in total. The first-order valence-electron chi connectivity index (χ1n) is 12.2. The van der Waals surface area contributed by atoms with Crippen LogP contribution in [0.5, 0.6) is 11.5 Å². The summed E-state index contributed by atoms with van der Waals surface area (Å²) in [5.74, 6) is 3.37. The second kappa shape index (κ2) is 12.1. The molecule has 0 bridgehead atoms. The third-order valence-corrected chi connectivity index (χ3v) is 7.84. The molecule has 2 aromatic carbocycles. The highest BCUT2D eigenvalue weighted by molar-refractivity contribution is 7.99. The van der Waals surface area contributed by atoms with Crippen LogP contribution in [0.1, 0.15) is 59.9 Å². The van der Waals surface area contributed by atoms with E-state index in [0.29, 0.717) is 23.5 Å². The van der Waals surface area contributed by atoms with Gasteiger partial charge in [0.1, 0.15) is 11.5 Å². The molecule has 7 nitrogen and oxygen atoms in total. The quantitative estimate of drug-likeness (QED) is 0.390. The van der Waals surface area contributed by atoms with Crippen LogP contribution in [0, 0.1) is 5.92 Å². The number of hydrogen-bond acceptors (Lipinski definition) is 6. The maximum atomic E-state index is 13.4. The summed E-state index contributed by atoms with van der Waals surface area (Å²) in [4.78, 5) is 13.4. The van der Waals surface area contributed by atoms with E-state index in [2.05, 4.69) is 27.6 Å². The Hall–Kier alpha value is -3.00. The van der Waals surface area contributed by atoms with E-state index in [1.54, 1.807) is 44.2 Å². The van der Waals surface area contributed by atoms with Crippen molar-refractivity contribution in [3.8, 4) is 11.5 Å². The molecule has 0 unspecified atom stereocenters. The summed E-state index contributed by atoms with van der Waals surface area (Å²) in [5, 5.41) is 13.1. The first-order chi connectivity index (χ1) is 17.1. The normalized spacial score (nSPS) is 14.9. The van der Waals surface area contributed by atoms with Gasteiger partial charge in [0.05, 0.1) is 25.8 Å². The maximum Gasteiger partial charge on any atom is 0.255 e. The van der Waals surface area contributed by atoms with Crippen LogP contribution in [0.3, 0.4) is 0 Å². The first kappa shape index (κ1) is 25.1. The molecule has 0 saturated heterocycles. The molecule has 8 heteroatoms. The number of benzene rings is 2. The molecule has 0 radical (unpaired) electrons. The summed E-state index contributed by atoms with van der Waals surface area (Å²) in [7, 11) is 5.11. The van der Waals surface area contributed by atoms with Crippen LogP contribution in [0.2, 0.25) is 0 Å². The van der Waals surface area contributed by atoms with Crippen molar-refractivity contribution in [1.29, 1.82) is 0 Å². The van der Waals surface area contributed by atoms with E-state index in [1.165, 1.54) is 32.1 Å². The highest BCUT2D eigenvalue weighted by Crippen LogP contribution is 2.31. The summed E-state index contributed by atoms with van der Waals surface area (Å²) >= 11 is 1.76. The second-order valence-electron chi connectivity index (χ2n) is 9.00. The average molecular weight is 495 g/mol. The van der Waals surface area contributed by atoms with Crippen molar-refractivity contribution in [3.05, 3.63) is 65.5 Å². The van der Waals surface area contributed by atoms with E-state index in [0.717, 1.165) is 28.2 Å². The smallest absolute Gasteiger partial charge is 0.255 e. The lowest BCUT2D eigenvalue weighted by atomic mass is 9.91.